The quantitative estimate of drug-likeness (QED) is 0.691. The molecule has 2 heterocycles. The first kappa shape index (κ1) is 11.8. The summed E-state index contributed by atoms with van der Waals surface area (Å²) in [4.78, 5) is 4.23. The summed E-state index contributed by atoms with van der Waals surface area (Å²) in [6.07, 6.45) is -0.992. The van der Waals surface area contributed by atoms with Crippen molar-refractivity contribution in [3.8, 4) is 0 Å². The summed E-state index contributed by atoms with van der Waals surface area (Å²) < 4.78 is 38.8. The lowest BCUT2D eigenvalue weighted by Gasteiger charge is -2.16. The molecule has 3 nitrogen and oxygen atoms in total. The third kappa shape index (κ3) is 1.75. The van der Waals surface area contributed by atoms with Crippen molar-refractivity contribution < 1.29 is 13.2 Å². The number of hydrogen-bond donors (Lipinski definition) is 0. The Balaban J connectivity index is 2.25. The van der Waals surface area contributed by atoms with Gasteiger partial charge in [-0.25, -0.2) is 9.50 Å². The highest BCUT2D eigenvalue weighted by atomic mass is 35.5. The van der Waals surface area contributed by atoms with Crippen LogP contribution in [0.4, 0.5) is 13.2 Å². The van der Waals surface area contributed by atoms with Gasteiger partial charge in [0.25, 0.3) is 0 Å². The van der Waals surface area contributed by atoms with Crippen LogP contribution in [0.15, 0.2) is 6.07 Å². The maximum absolute atomic E-state index is 12.6. The number of fused-ring (bicyclic) bond motifs is 2. The molecule has 0 N–H and O–H groups in total. The van der Waals surface area contributed by atoms with Crippen molar-refractivity contribution in [2.75, 3.05) is 0 Å². The molecule has 1 aliphatic carbocycles. The molecule has 0 saturated heterocycles. The van der Waals surface area contributed by atoms with E-state index >= 15 is 0 Å². The number of halogens is 4. The Kier molecular flexibility index (Phi) is 2.52. The minimum absolute atomic E-state index is 0.160. The average molecular weight is 276 g/mol. The highest BCUT2D eigenvalue weighted by Crippen LogP contribution is 2.32. The summed E-state index contributed by atoms with van der Waals surface area (Å²) in [6, 6.07) is 0.931. The van der Waals surface area contributed by atoms with E-state index in [2.05, 4.69) is 10.1 Å². The lowest BCUT2D eigenvalue weighted by molar-refractivity contribution is -0.141. The summed E-state index contributed by atoms with van der Waals surface area (Å²) in [6.45, 7) is 0. The molecule has 0 aromatic carbocycles. The monoisotopic (exact) mass is 275 g/mol. The first-order valence-corrected chi connectivity index (χ1v) is 5.99. The standard InChI is InChI=1S/C11H9ClF3N3/c12-10-6-3-1-2-4-7(6)16-9-5-8(11(13,14)15)17-18(9)10/h5H,1-4H2. The lowest BCUT2D eigenvalue weighted by Crippen LogP contribution is -2.10. The van der Waals surface area contributed by atoms with Crippen molar-refractivity contribution in [1.82, 2.24) is 14.6 Å². The van der Waals surface area contributed by atoms with E-state index < -0.39 is 11.9 Å². The molecule has 2 aromatic heterocycles. The third-order valence-corrected chi connectivity index (χ3v) is 3.49. The molecule has 0 unspecified atom stereocenters. The molecule has 18 heavy (non-hydrogen) atoms. The molecule has 0 fully saturated rings. The van der Waals surface area contributed by atoms with Crippen LogP contribution in [0.2, 0.25) is 5.15 Å². The number of hydrogen-bond acceptors (Lipinski definition) is 2. The minimum Gasteiger partial charge on any atom is -0.233 e. The van der Waals surface area contributed by atoms with Gasteiger partial charge in [-0.1, -0.05) is 11.6 Å². The van der Waals surface area contributed by atoms with Gasteiger partial charge in [0.1, 0.15) is 5.15 Å². The van der Waals surface area contributed by atoms with Crippen molar-refractivity contribution in [3.05, 3.63) is 28.2 Å². The van der Waals surface area contributed by atoms with E-state index in [0.717, 1.165) is 47.5 Å². The number of aryl methyl sites for hydroxylation is 1. The number of nitrogens with zero attached hydrogens (tertiary/aromatic N) is 3. The predicted molar refractivity (Wildman–Crippen MR) is 59.6 cm³/mol. The van der Waals surface area contributed by atoms with Gasteiger partial charge in [0.05, 0.1) is 0 Å². The zero-order chi connectivity index (χ0) is 12.9. The van der Waals surface area contributed by atoms with Crippen LogP contribution in [0.25, 0.3) is 5.65 Å². The van der Waals surface area contributed by atoms with Gasteiger partial charge in [-0.2, -0.15) is 18.3 Å². The minimum atomic E-state index is -4.47. The Hall–Kier alpha value is -1.30. The molecular formula is C11H9ClF3N3. The Morgan fingerprint density at radius 2 is 1.94 bits per heavy atom. The molecule has 0 atom stereocenters. The van der Waals surface area contributed by atoms with Crippen LogP contribution in [0, 0.1) is 0 Å². The van der Waals surface area contributed by atoms with Crippen molar-refractivity contribution in [3.63, 3.8) is 0 Å². The molecular weight excluding hydrogens is 267 g/mol. The highest BCUT2D eigenvalue weighted by molar-refractivity contribution is 6.30. The van der Waals surface area contributed by atoms with Crippen LogP contribution in [-0.4, -0.2) is 14.6 Å². The van der Waals surface area contributed by atoms with Gasteiger partial charge >= 0.3 is 6.18 Å². The number of aromatic nitrogens is 3. The normalized spacial score (nSPS) is 16.0. The van der Waals surface area contributed by atoms with Crippen LogP contribution in [0.1, 0.15) is 29.8 Å². The van der Waals surface area contributed by atoms with Gasteiger partial charge in [-0.3, -0.25) is 0 Å². The van der Waals surface area contributed by atoms with Crippen molar-refractivity contribution in [2.24, 2.45) is 0 Å². The van der Waals surface area contributed by atoms with Crippen LogP contribution >= 0.6 is 11.6 Å². The second kappa shape index (κ2) is 3.85. The van der Waals surface area contributed by atoms with E-state index in [9.17, 15) is 13.2 Å². The second-order valence-electron chi connectivity index (χ2n) is 4.33. The van der Waals surface area contributed by atoms with Crippen molar-refractivity contribution in [2.45, 2.75) is 31.9 Å². The maximum Gasteiger partial charge on any atom is 0.435 e. The van der Waals surface area contributed by atoms with E-state index in [0.29, 0.717) is 0 Å². The zero-order valence-electron chi connectivity index (χ0n) is 9.26. The smallest absolute Gasteiger partial charge is 0.233 e. The molecule has 0 bridgehead atoms. The molecule has 0 radical (unpaired) electrons. The Bertz CT molecular complexity index is 618. The summed E-state index contributed by atoms with van der Waals surface area (Å²) >= 11 is 6.12. The van der Waals surface area contributed by atoms with Crippen molar-refractivity contribution >= 4 is 17.2 Å². The zero-order valence-corrected chi connectivity index (χ0v) is 10.0. The second-order valence-corrected chi connectivity index (χ2v) is 4.69. The third-order valence-electron chi connectivity index (χ3n) is 3.10. The fourth-order valence-corrected chi connectivity index (χ4v) is 2.56. The van der Waals surface area contributed by atoms with E-state index in [1.165, 1.54) is 0 Å². The Morgan fingerprint density at radius 1 is 1.22 bits per heavy atom. The molecule has 96 valence electrons. The molecule has 0 aliphatic heterocycles. The SMILES string of the molecule is FC(F)(F)c1cc2nc3c(c(Cl)n2n1)CCCC3. The van der Waals surface area contributed by atoms with Crippen LogP contribution in [0.5, 0.6) is 0 Å². The van der Waals surface area contributed by atoms with Crippen LogP contribution < -0.4 is 0 Å². The first-order chi connectivity index (χ1) is 8.47. The van der Waals surface area contributed by atoms with Gasteiger partial charge in [-0.05, 0) is 25.7 Å². The number of rotatable bonds is 0. The molecule has 0 spiro atoms. The van der Waals surface area contributed by atoms with E-state index in [-0.39, 0.29) is 10.8 Å². The highest BCUT2D eigenvalue weighted by Gasteiger charge is 2.35. The number of alkyl halides is 3. The fraction of sp³-hybridized carbons (Fsp3) is 0.455. The van der Waals surface area contributed by atoms with E-state index in [1.54, 1.807) is 0 Å². The predicted octanol–water partition coefficient (Wildman–Crippen LogP) is 3.28. The van der Waals surface area contributed by atoms with Gasteiger partial charge in [0.2, 0.25) is 0 Å². The van der Waals surface area contributed by atoms with Gasteiger partial charge < -0.3 is 0 Å². The molecule has 7 heteroatoms. The largest absolute Gasteiger partial charge is 0.435 e. The Labute approximate surface area is 106 Å². The summed E-state index contributed by atoms with van der Waals surface area (Å²) in [5, 5.41) is 3.74. The molecule has 0 amide bonds. The van der Waals surface area contributed by atoms with E-state index in [1.807, 2.05) is 0 Å². The maximum atomic E-state index is 12.6. The molecule has 2 aromatic rings. The molecule has 0 saturated carbocycles. The van der Waals surface area contributed by atoms with Crippen molar-refractivity contribution in [1.29, 1.82) is 0 Å². The first-order valence-electron chi connectivity index (χ1n) is 5.61. The molecule has 1 aliphatic rings. The van der Waals surface area contributed by atoms with Crippen LogP contribution in [0.3, 0.4) is 0 Å². The summed E-state index contributed by atoms with van der Waals surface area (Å²) in [5.41, 5.74) is 0.826. The topological polar surface area (TPSA) is 30.2 Å². The average Bonchev–Trinajstić information content (AvgIpc) is 2.73. The van der Waals surface area contributed by atoms with Gasteiger partial charge in [0.15, 0.2) is 11.3 Å². The Morgan fingerprint density at radius 3 is 2.67 bits per heavy atom. The summed E-state index contributed by atoms with van der Waals surface area (Å²) in [5.74, 6) is 0. The fourth-order valence-electron chi connectivity index (χ4n) is 2.23. The van der Waals surface area contributed by atoms with Gasteiger partial charge in [0, 0.05) is 17.3 Å². The molecule has 3 rings (SSSR count). The van der Waals surface area contributed by atoms with Gasteiger partial charge in [-0.15, -0.1) is 0 Å². The lowest BCUT2D eigenvalue weighted by atomic mass is 9.97. The van der Waals surface area contributed by atoms with E-state index in [4.69, 9.17) is 11.6 Å². The van der Waals surface area contributed by atoms with Crippen LogP contribution in [-0.2, 0) is 19.0 Å². The summed E-state index contributed by atoms with van der Waals surface area (Å²) in [7, 11) is 0.